The van der Waals surface area contributed by atoms with E-state index in [1.165, 1.54) is 37.5 Å². The van der Waals surface area contributed by atoms with Gasteiger partial charge in [0.15, 0.2) is 5.82 Å². The maximum absolute atomic E-state index is 13.7. The number of hydrogen-bond acceptors (Lipinski definition) is 4. The predicted molar refractivity (Wildman–Crippen MR) is 107 cm³/mol. The summed E-state index contributed by atoms with van der Waals surface area (Å²) in [5.74, 6) is -3.45. The van der Waals surface area contributed by atoms with Crippen molar-refractivity contribution in [3.05, 3.63) is 83.1 Å². The van der Waals surface area contributed by atoms with Crippen LogP contribution in [0.1, 0.15) is 26.3 Å². The third-order valence-electron chi connectivity index (χ3n) is 4.20. The second-order valence-electron chi connectivity index (χ2n) is 6.52. The standard InChI is InChI=1S/C21H15F5N4O2/c1-27-19(31)12-7-17(18(28-10-12)29-16-4-2-3-14(22)9-16)30-20(32)11-5-13(21(24,25)26)8-15(23)6-11/h2-10H,1H3,(H,27,31)(H,28,29)(H,30,32). The highest BCUT2D eigenvalue weighted by molar-refractivity contribution is 6.07. The van der Waals surface area contributed by atoms with Gasteiger partial charge in [0.1, 0.15) is 11.6 Å². The van der Waals surface area contributed by atoms with Crippen LogP contribution in [-0.4, -0.2) is 23.8 Å². The normalized spacial score (nSPS) is 11.1. The van der Waals surface area contributed by atoms with E-state index in [1.807, 2.05) is 0 Å². The molecular weight excluding hydrogens is 435 g/mol. The Bertz CT molecular complexity index is 1180. The molecule has 166 valence electrons. The Hall–Kier alpha value is -4.02. The minimum absolute atomic E-state index is 0.0240. The summed E-state index contributed by atoms with van der Waals surface area (Å²) in [6.07, 6.45) is -3.68. The van der Waals surface area contributed by atoms with Crippen LogP contribution in [0.2, 0.25) is 0 Å². The zero-order valence-corrected chi connectivity index (χ0v) is 16.3. The van der Waals surface area contributed by atoms with Crippen molar-refractivity contribution in [2.24, 2.45) is 0 Å². The van der Waals surface area contributed by atoms with Crippen LogP contribution in [0.15, 0.2) is 54.7 Å². The first-order chi connectivity index (χ1) is 15.1. The number of rotatable bonds is 5. The number of anilines is 3. The van der Waals surface area contributed by atoms with Crippen molar-refractivity contribution in [2.75, 3.05) is 17.7 Å². The van der Waals surface area contributed by atoms with E-state index >= 15 is 0 Å². The van der Waals surface area contributed by atoms with Gasteiger partial charge in [-0.25, -0.2) is 13.8 Å². The fourth-order valence-corrected chi connectivity index (χ4v) is 2.71. The summed E-state index contributed by atoms with van der Waals surface area (Å²) in [6.45, 7) is 0. The molecule has 0 unspecified atom stereocenters. The summed E-state index contributed by atoms with van der Waals surface area (Å²) >= 11 is 0. The number of carbonyl (C=O) groups excluding carboxylic acids is 2. The summed E-state index contributed by atoms with van der Waals surface area (Å²) < 4.78 is 66.1. The number of pyridine rings is 1. The van der Waals surface area contributed by atoms with Crippen molar-refractivity contribution in [3.8, 4) is 0 Å². The lowest BCUT2D eigenvalue weighted by Gasteiger charge is -2.14. The Kier molecular flexibility index (Phi) is 6.37. The molecule has 1 heterocycles. The number of alkyl halides is 3. The van der Waals surface area contributed by atoms with Crippen LogP contribution >= 0.6 is 0 Å². The van der Waals surface area contributed by atoms with Gasteiger partial charge in [-0.1, -0.05) is 6.07 Å². The Morgan fingerprint density at radius 2 is 1.66 bits per heavy atom. The zero-order valence-electron chi connectivity index (χ0n) is 16.3. The van der Waals surface area contributed by atoms with Gasteiger partial charge in [-0.05, 0) is 42.5 Å². The predicted octanol–water partition coefficient (Wildman–Crippen LogP) is 4.73. The van der Waals surface area contributed by atoms with E-state index in [1.54, 1.807) is 0 Å². The largest absolute Gasteiger partial charge is 0.416 e. The summed E-state index contributed by atoms with van der Waals surface area (Å²) in [7, 11) is 1.37. The number of amides is 2. The summed E-state index contributed by atoms with van der Waals surface area (Å²) in [5.41, 5.74) is -1.75. The zero-order chi connectivity index (χ0) is 23.5. The van der Waals surface area contributed by atoms with Gasteiger partial charge in [0.05, 0.1) is 16.8 Å². The smallest absolute Gasteiger partial charge is 0.355 e. The van der Waals surface area contributed by atoms with Gasteiger partial charge in [-0.2, -0.15) is 13.2 Å². The number of aromatic nitrogens is 1. The number of hydrogen-bond donors (Lipinski definition) is 3. The van der Waals surface area contributed by atoms with E-state index in [9.17, 15) is 31.5 Å². The molecule has 0 spiro atoms. The highest BCUT2D eigenvalue weighted by Gasteiger charge is 2.32. The molecule has 0 aliphatic heterocycles. The Morgan fingerprint density at radius 1 is 0.906 bits per heavy atom. The summed E-state index contributed by atoms with van der Waals surface area (Å²) in [6, 6.07) is 7.89. The molecule has 0 atom stereocenters. The van der Waals surface area contributed by atoms with Crippen molar-refractivity contribution in [1.82, 2.24) is 10.3 Å². The molecule has 1 aromatic heterocycles. The second kappa shape index (κ2) is 9.00. The lowest BCUT2D eigenvalue weighted by molar-refractivity contribution is -0.137. The van der Waals surface area contributed by atoms with Crippen LogP contribution in [0.3, 0.4) is 0 Å². The first-order valence-corrected chi connectivity index (χ1v) is 9.00. The monoisotopic (exact) mass is 450 g/mol. The van der Waals surface area contributed by atoms with Gasteiger partial charge in [0.25, 0.3) is 11.8 Å². The van der Waals surface area contributed by atoms with Crippen LogP contribution < -0.4 is 16.0 Å². The van der Waals surface area contributed by atoms with Crippen molar-refractivity contribution in [2.45, 2.75) is 6.18 Å². The van der Waals surface area contributed by atoms with Gasteiger partial charge in [-0.15, -0.1) is 0 Å². The highest BCUT2D eigenvalue weighted by atomic mass is 19.4. The molecule has 0 saturated carbocycles. The third kappa shape index (κ3) is 5.36. The summed E-state index contributed by atoms with van der Waals surface area (Å²) in [5, 5.41) is 7.43. The first-order valence-electron chi connectivity index (χ1n) is 9.00. The molecule has 3 N–H and O–H groups in total. The molecule has 0 fully saturated rings. The lowest BCUT2D eigenvalue weighted by Crippen LogP contribution is -2.20. The SMILES string of the molecule is CNC(=O)c1cnc(Nc2cccc(F)c2)c(NC(=O)c2cc(F)cc(C(F)(F)F)c2)c1. The molecule has 0 radical (unpaired) electrons. The highest BCUT2D eigenvalue weighted by Crippen LogP contribution is 2.31. The van der Waals surface area contributed by atoms with Crippen LogP contribution in [0.25, 0.3) is 0 Å². The van der Waals surface area contributed by atoms with E-state index in [0.717, 1.165) is 6.07 Å². The molecule has 6 nitrogen and oxygen atoms in total. The maximum atomic E-state index is 13.7. The van der Waals surface area contributed by atoms with Crippen LogP contribution in [0.4, 0.5) is 39.1 Å². The fourth-order valence-electron chi connectivity index (χ4n) is 2.71. The number of nitrogens with zero attached hydrogens (tertiary/aromatic N) is 1. The number of carbonyl (C=O) groups is 2. The molecule has 0 bridgehead atoms. The Morgan fingerprint density at radius 3 is 2.31 bits per heavy atom. The van der Waals surface area contributed by atoms with Crippen LogP contribution in [0, 0.1) is 11.6 Å². The van der Waals surface area contributed by atoms with E-state index in [4.69, 9.17) is 0 Å². The number of nitrogens with one attached hydrogen (secondary N) is 3. The third-order valence-corrected chi connectivity index (χ3v) is 4.20. The molecular formula is C21H15F5N4O2. The average Bonchev–Trinajstić information content (AvgIpc) is 2.73. The molecule has 0 saturated heterocycles. The molecule has 32 heavy (non-hydrogen) atoms. The van der Waals surface area contributed by atoms with Gasteiger partial charge in [-0.3, -0.25) is 9.59 Å². The lowest BCUT2D eigenvalue weighted by atomic mass is 10.1. The quantitative estimate of drug-likeness (QED) is 0.491. The van der Waals surface area contributed by atoms with E-state index < -0.39 is 40.8 Å². The molecule has 0 aliphatic carbocycles. The molecule has 3 rings (SSSR count). The van der Waals surface area contributed by atoms with Crippen LogP contribution in [-0.2, 0) is 6.18 Å². The number of halogens is 5. The Labute approximate surface area is 178 Å². The minimum Gasteiger partial charge on any atom is -0.355 e. The Balaban J connectivity index is 1.98. The minimum atomic E-state index is -4.86. The van der Waals surface area contributed by atoms with Gasteiger partial charge in [0.2, 0.25) is 0 Å². The van der Waals surface area contributed by atoms with Gasteiger partial charge in [0, 0.05) is 24.5 Å². The maximum Gasteiger partial charge on any atom is 0.416 e. The first kappa shape index (κ1) is 22.7. The van der Waals surface area contributed by atoms with E-state index in [-0.39, 0.29) is 28.8 Å². The van der Waals surface area contributed by atoms with Gasteiger partial charge < -0.3 is 16.0 Å². The van der Waals surface area contributed by atoms with Crippen LogP contribution in [0.5, 0.6) is 0 Å². The summed E-state index contributed by atoms with van der Waals surface area (Å²) in [4.78, 5) is 28.6. The van der Waals surface area contributed by atoms with E-state index in [0.29, 0.717) is 12.1 Å². The average molecular weight is 450 g/mol. The van der Waals surface area contributed by atoms with Crippen molar-refractivity contribution >= 4 is 29.0 Å². The molecule has 3 aromatic rings. The fraction of sp³-hybridized carbons (Fsp3) is 0.0952. The molecule has 2 aromatic carbocycles. The van der Waals surface area contributed by atoms with Gasteiger partial charge >= 0.3 is 6.18 Å². The number of benzene rings is 2. The van der Waals surface area contributed by atoms with E-state index in [2.05, 4.69) is 20.9 Å². The van der Waals surface area contributed by atoms with Crippen molar-refractivity contribution in [3.63, 3.8) is 0 Å². The molecule has 0 aliphatic rings. The molecule has 11 heteroatoms. The molecule has 2 amide bonds. The second-order valence-corrected chi connectivity index (χ2v) is 6.52. The van der Waals surface area contributed by atoms with Crippen molar-refractivity contribution < 1.29 is 31.5 Å². The topological polar surface area (TPSA) is 83.1 Å². The van der Waals surface area contributed by atoms with Crippen molar-refractivity contribution in [1.29, 1.82) is 0 Å².